The first-order valence-corrected chi connectivity index (χ1v) is 16.0. The Morgan fingerprint density at radius 3 is 1.48 bits per heavy atom. The van der Waals surface area contributed by atoms with Gasteiger partial charge in [-0.3, -0.25) is 0 Å². The molecule has 0 aliphatic rings. The summed E-state index contributed by atoms with van der Waals surface area (Å²) >= 11 is 0. The van der Waals surface area contributed by atoms with E-state index in [0.717, 1.165) is 63.2 Å². The Kier molecular flexibility index (Phi) is 17.2. The molecule has 256 valence electrons. The second-order valence-corrected chi connectivity index (χ2v) is 10.5. The van der Waals surface area contributed by atoms with Crippen molar-refractivity contribution in [3.8, 4) is 28.7 Å². The number of benzene rings is 3. The monoisotopic (exact) mass is 660 g/mol. The lowest BCUT2D eigenvalue weighted by molar-refractivity contribution is -0.137. The summed E-state index contributed by atoms with van der Waals surface area (Å²) in [7, 11) is 0. The van der Waals surface area contributed by atoms with Crippen molar-refractivity contribution in [2.45, 2.75) is 51.4 Å². The van der Waals surface area contributed by atoms with E-state index in [1.165, 1.54) is 0 Å². The molecule has 3 rings (SSSR count). The lowest BCUT2D eigenvalue weighted by Gasteiger charge is -2.11. The molecule has 0 atom stereocenters. The molecular formula is C38H44O10. The highest BCUT2D eigenvalue weighted by molar-refractivity contribution is 5.91. The molecule has 0 bridgehead atoms. The highest BCUT2D eigenvalue weighted by atomic mass is 16.7. The predicted octanol–water partition coefficient (Wildman–Crippen LogP) is 8.13. The Bertz CT molecular complexity index is 1430. The van der Waals surface area contributed by atoms with E-state index in [1.54, 1.807) is 48.5 Å². The van der Waals surface area contributed by atoms with Crippen LogP contribution in [-0.2, 0) is 14.3 Å². The Balaban J connectivity index is 1.26. The SMILES string of the molecule is C=C=C(O)OCCCCCCOc1ccc(OCOc2ccc(OC(=O)c3ccc(OCCCCCCOC(=O)C=C)cc3)cc2)cc1. The van der Waals surface area contributed by atoms with Gasteiger partial charge in [-0.25, -0.2) is 9.59 Å². The van der Waals surface area contributed by atoms with Crippen LogP contribution in [0.15, 0.2) is 104 Å². The molecule has 0 saturated carbocycles. The van der Waals surface area contributed by atoms with E-state index >= 15 is 0 Å². The molecule has 10 heteroatoms. The summed E-state index contributed by atoms with van der Waals surface area (Å²) in [5, 5.41) is 9.12. The van der Waals surface area contributed by atoms with E-state index in [0.29, 0.717) is 55.0 Å². The molecule has 0 radical (unpaired) electrons. The molecular weight excluding hydrogens is 616 g/mol. The number of aliphatic hydroxyl groups excluding tert-OH is 1. The van der Waals surface area contributed by atoms with Crippen LogP contribution in [0.2, 0.25) is 0 Å². The van der Waals surface area contributed by atoms with Crippen molar-refractivity contribution in [1.82, 2.24) is 0 Å². The minimum atomic E-state index is -0.479. The fraction of sp³-hybridized carbons (Fsp3) is 0.342. The van der Waals surface area contributed by atoms with Gasteiger partial charge in [-0.15, -0.1) is 0 Å². The van der Waals surface area contributed by atoms with Gasteiger partial charge in [0, 0.05) is 6.08 Å². The van der Waals surface area contributed by atoms with Crippen LogP contribution in [0.4, 0.5) is 0 Å². The first kappa shape index (κ1) is 37.1. The van der Waals surface area contributed by atoms with E-state index in [2.05, 4.69) is 18.9 Å². The van der Waals surface area contributed by atoms with Crippen LogP contribution in [0.1, 0.15) is 61.7 Å². The fourth-order valence-corrected chi connectivity index (χ4v) is 4.20. The third-order valence-corrected chi connectivity index (χ3v) is 6.82. The quantitative estimate of drug-likeness (QED) is 0.0192. The van der Waals surface area contributed by atoms with Crippen LogP contribution >= 0.6 is 0 Å². The van der Waals surface area contributed by atoms with Gasteiger partial charge in [0.05, 0.1) is 32.0 Å². The fourth-order valence-electron chi connectivity index (χ4n) is 4.20. The van der Waals surface area contributed by atoms with Crippen LogP contribution in [0.3, 0.4) is 0 Å². The van der Waals surface area contributed by atoms with Gasteiger partial charge in [0.25, 0.3) is 0 Å². The Morgan fingerprint density at radius 1 is 0.583 bits per heavy atom. The predicted molar refractivity (Wildman–Crippen MR) is 181 cm³/mol. The minimum Gasteiger partial charge on any atom is -0.494 e. The van der Waals surface area contributed by atoms with E-state index in [1.807, 2.05) is 24.3 Å². The zero-order chi connectivity index (χ0) is 34.2. The van der Waals surface area contributed by atoms with E-state index in [4.69, 9.17) is 38.3 Å². The topological polar surface area (TPSA) is 119 Å². The van der Waals surface area contributed by atoms with Crippen LogP contribution in [0.5, 0.6) is 28.7 Å². The highest BCUT2D eigenvalue weighted by Crippen LogP contribution is 2.22. The van der Waals surface area contributed by atoms with Crippen LogP contribution < -0.4 is 23.7 Å². The van der Waals surface area contributed by atoms with Crippen LogP contribution in [0, 0.1) is 0 Å². The van der Waals surface area contributed by atoms with Gasteiger partial charge in [0.2, 0.25) is 6.79 Å². The number of hydrogen-bond acceptors (Lipinski definition) is 10. The number of unbranched alkanes of at least 4 members (excludes halogenated alkanes) is 6. The number of carbonyl (C=O) groups is 2. The maximum atomic E-state index is 12.6. The molecule has 0 fully saturated rings. The van der Waals surface area contributed by atoms with Crippen molar-refractivity contribution in [1.29, 1.82) is 0 Å². The third kappa shape index (κ3) is 15.3. The van der Waals surface area contributed by atoms with Gasteiger partial charge in [0.15, 0.2) is 0 Å². The molecule has 0 aliphatic heterocycles. The second kappa shape index (κ2) is 22.2. The number of esters is 2. The molecule has 0 saturated heterocycles. The molecule has 0 amide bonds. The number of aliphatic hydroxyl groups is 1. The normalized spacial score (nSPS) is 10.2. The van der Waals surface area contributed by atoms with Gasteiger partial charge in [-0.2, -0.15) is 0 Å². The standard InChI is InChI=1S/C38H44O10/c1-3-36(39)44-27-11-7-5-9-25-42-31-15-13-30(14-16-31)38(41)48-35-23-21-34(22-24-35)47-29-46-33-19-17-32(18-20-33)43-26-10-6-8-12-28-45-37(40)4-2/h3,13-24,40H,1-2,5-12,25-29H2. The summed E-state index contributed by atoms with van der Waals surface area (Å²) in [5.74, 6) is 1.88. The van der Waals surface area contributed by atoms with Crippen molar-refractivity contribution >= 4 is 11.9 Å². The van der Waals surface area contributed by atoms with Crippen LogP contribution in [0.25, 0.3) is 0 Å². The van der Waals surface area contributed by atoms with Gasteiger partial charge in [-0.05, 0) is 136 Å². The van der Waals surface area contributed by atoms with Crippen molar-refractivity contribution in [3.63, 3.8) is 0 Å². The van der Waals surface area contributed by atoms with Crippen molar-refractivity contribution < 1.29 is 47.9 Å². The summed E-state index contributed by atoms with van der Waals surface area (Å²) in [5.41, 5.74) is 2.69. The summed E-state index contributed by atoms with van der Waals surface area (Å²) in [6, 6.07) is 20.8. The average molecular weight is 661 g/mol. The molecule has 0 aromatic heterocycles. The minimum absolute atomic E-state index is 0.00502. The maximum Gasteiger partial charge on any atom is 0.343 e. The summed E-state index contributed by atoms with van der Waals surface area (Å²) in [4.78, 5) is 23.6. The molecule has 0 unspecified atom stereocenters. The van der Waals surface area contributed by atoms with Gasteiger partial charge < -0.3 is 38.3 Å². The van der Waals surface area contributed by atoms with Crippen molar-refractivity contribution in [2.75, 3.05) is 33.2 Å². The Labute approximate surface area is 282 Å². The molecule has 3 aromatic carbocycles. The number of ether oxygens (including phenoxy) is 7. The molecule has 0 spiro atoms. The summed E-state index contributed by atoms with van der Waals surface area (Å²) < 4.78 is 38.3. The maximum absolute atomic E-state index is 12.6. The second-order valence-electron chi connectivity index (χ2n) is 10.5. The van der Waals surface area contributed by atoms with Crippen LogP contribution in [-0.4, -0.2) is 50.3 Å². The molecule has 0 heterocycles. The molecule has 1 N–H and O–H groups in total. The summed E-state index contributed by atoms with van der Waals surface area (Å²) in [6.07, 6.45) is 8.46. The number of rotatable bonds is 24. The first-order valence-electron chi connectivity index (χ1n) is 16.0. The number of hydrogen-bond donors (Lipinski definition) is 1. The average Bonchev–Trinajstić information content (AvgIpc) is 3.11. The molecule has 10 nitrogen and oxygen atoms in total. The van der Waals surface area contributed by atoms with E-state index < -0.39 is 11.9 Å². The lowest BCUT2D eigenvalue weighted by Crippen LogP contribution is -2.09. The molecule has 3 aromatic rings. The first-order chi connectivity index (χ1) is 23.5. The summed E-state index contributed by atoms with van der Waals surface area (Å²) in [6.45, 7) is 8.68. The van der Waals surface area contributed by atoms with E-state index in [-0.39, 0.29) is 12.7 Å². The number of carbonyl (C=O) groups excluding carboxylic acids is 2. The van der Waals surface area contributed by atoms with Crippen molar-refractivity contribution in [3.05, 3.63) is 109 Å². The molecule has 48 heavy (non-hydrogen) atoms. The largest absolute Gasteiger partial charge is 0.494 e. The van der Waals surface area contributed by atoms with Gasteiger partial charge in [-0.1, -0.05) is 6.58 Å². The Hall–Kier alpha value is -5.34. The molecule has 0 aliphatic carbocycles. The lowest BCUT2D eigenvalue weighted by atomic mass is 10.2. The zero-order valence-electron chi connectivity index (χ0n) is 27.2. The van der Waals surface area contributed by atoms with Gasteiger partial charge >= 0.3 is 17.9 Å². The Morgan fingerprint density at radius 2 is 1.00 bits per heavy atom. The van der Waals surface area contributed by atoms with E-state index in [9.17, 15) is 9.59 Å². The smallest absolute Gasteiger partial charge is 0.343 e. The van der Waals surface area contributed by atoms with Gasteiger partial charge in [0.1, 0.15) is 28.7 Å². The highest BCUT2D eigenvalue weighted by Gasteiger charge is 2.09. The third-order valence-electron chi connectivity index (χ3n) is 6.82. The zero-order valence-corrected chi connectivity index (χ0v) is 27.2. The van der Waals surface area contributed by atoms with Crippen molar-refractivity contribution in [2.24, 2.45) is 0 Å².